The molecule has 0 aliphatic rings. The number of hydrogen-bond acceptors (Lipinski definition) is 1. The number of aryl methyl sites for hydroxylation is 1. The predicted molar refractivity (Wildman–Crippen MR) is 70.6 cm³/mol. The Morgan fingerprint density at radius 2 is 2.18 bits per heavy atom. The van der Waals surface area contributed by atoms with Crippen molar-refractivity contribution in [1.82, 2.24) is 9.88 Å². The number of amides is 1. The highest BCUT2D eigenvalue weighted by Gasteiger charge is 2.12. The fourth-order valence-electron chi connectivity index (χ4n) is 1.87. The molecule has 0 radical (unpaired) electrons. The molecule has 1 N–H and O–H groups in total. The Labute approximate surface area is 105 Å². The van der Waals surface area contributed by atoms with Crippen molar-refractivity contribution in [1.29, 1.82) is 0 Å². The summed E-state index contributed by atoms with van der Waals surface area (Å²) in [6.45, 7) is 2.72. The van der Waals surface area contributed by atoms with E-state index in [0.717, 1.165) is 17.3 Å². The van der Waals surface area contributed by atoms with Crippen LogP contribution in [0.3, 0.4) is 0 Å². The molecule has 1 aromatic heterocycles. The maximum atomic E-state index is 11.9. The molecule has 0 spiro atoms. The second kappa shape index (κ2) is 4.80. The molecule has 2 rings (SSSR count). The first kappa shape index (κ1) is 12.0. The lowest BCUT2D eigenvalue weighted by Crippen LogP contribution is -2.25. The normalized spacial score (nSPS) is 10.8. The van der Waals surface area contributed by atoms with E-state index < -0.39 is 0 Å². The third-order valence-corrected chi connectivity index (χ3v) is 3.01. The molecule has 3 nitrogen and oxygen atoms in total. The quantitative estimate of drug-likeness (QED) is 0.893. The van der Waals surface area contributed by atoms with Gasteiger partial charge in [-0.05, 0) is 30.7 Å². The van der Waals surface area contributed by atoms with Crippen LogP contribution in [0.5, 0.6) is 0 Å². The average molecular weight is 251 g/mol. The summed E-state index contributed by atoms with van der Waals surface area (Å²) in [5.74, 6) is -0.0401. The Balaban J connectivity index is 2.41. The summed E-state index contributed by atoms with van der Waals surface area (Å²) in [6.07, 6.45) is 0.932. The van der Waals surface area contributed by atoms with Crippen LogP contribution < -0.4 is 5.32 Å². The van der Waals surface area contributed by atoms with Gasteiger partial charge in [-0.1, -0.05) is 18.5 Å². The first-order valence-electron chi connectivity index (χ1n) is 5.66. The lowest BCUT2D eigenvalue weighted by Gasteiger charge is -2.04. The van der Waals surface area contributed by atoms with E-state index in [-0.39, 0.29) is 5.91 Å². The number of aromatic nitrogens is 1. The van der Waals surface area contributed by atoms with Gasteiger partial charge in [-0.25, -0.2) is 0 Å². The summed E-state index contributed by atoms with van der Waals surface area (Å²) in [6, 6.07) is 7.49. The number of benzene rings is 1. The van der Waals surface area contributed by atoms with E-state index >= 15 is 0 Å². The number of nitrogens with zero attached hydrogens (tertiary/aromatic N) is 1. The van der Waals surface area contributed by atoms with Gasteiger partial charge in [0.15, 0.2) is 0 Å². The predicted octanol–water partition coefficient (Wildman–Crippen LogP) is 2.97. The molecule has 0 saturated heterocycles. The van der Waals surface area contributed by atoms with Gasteiger partial charge in [0.25, 0.3) is 5.91 Å². The largest absolute Gasteiger partial charge is 0.351 e. The van der Waals surface area contributed by atoms with Crippen molar-refractivity contribution in [3.05, 3.63) is 35.0 Å². The number of carbonyl (C=O) groups excluding carboxylic acids is 1. The van der Waals surface area contributed by atoms with Gasteiger partial charge in [-0.2, -0.15) is 0 Å². The molecule has 0 aliphatic carbocycles. The number of fused-ring (bicyclic) bond motifs is 1. The molecule has 2 aromatic rings. The summed E-state index contributed by atoms with van der Waals surface area (Å²) < 4.78 is 1.89. The van der Waals surface area contributed by atoms with Gasteiger partial charge in [0, 0.05) is 29.5 Å². The third-order valence-electron chi connectivity index (χ3n) is 2.77. The minimum atomic E-state index is -0.0401. The molecule has 4 heteroatoms. The fraction of sp³-hybridized carbons (Fsp3) is 0.308. The molecule has 0 bridgehead atoms. The van der Waals surface area contributed by atoms with E-state index in [9.17, 15) is 4.79 Å². The number of nitrogens with one attached hydrogen (secondary N) is 1. The van der Waals surface area contributed by atoms with Crippen LogP contribution in [0.15, 0.2) is 24.3 Å². The summed E-state index contributed by atoms with van der Waals surface area (Å²) in [5.41, 5.74) is 1.67. The van der Waals surface area contributed by atoms with Crippen LogP contribution in [0.1, 0.15) is 23.8 Å². The SMILES string of the molecule is CCCNC(=O)c1cc2cc(Cl)ccc2n1C. The first-order chi connectivity index (χ1) is 8.13. The van der Waals surface area contributed by atoms with Gasteiger partial charge in [0.05, 0.1) is 0 Å². The molecular weight excluding hydrogens is 236 g/mol. The Kier molecular flexibility index (Phi) is 3.38. The Hall–Kier alpha value is -1.48. The van der Waals surface area contributed by atoms with Gasteiger partial charge >= 0.3 is 0 Å². The Morgan fingerprint density at radius 1 is 1.41 bits per heavy atom. The lowest BCUT2D eigenvalue weighted by atomic mass is 10.2. The molecule has 1 amide bonds. The molecule has 1 aromatic carbocycles. The first-order valence-corrected chi connectivity index (χ1v) is 6.04. The number of rotatable bonds is 3. The van der Waals surface area contributed by atoms with E-state index in [1.165, 1.54) is 0 Å². The summed E-state index contributed by atoms with van der Waals surface area (Å²) in [4.78, 5) is 11.9. The molecule has 0 aliphatic heterocycles. The molecule has 1 heterocycles. The maximum absolute atomic E-state index is 11.9. The second-order valence-corrected chi connectivity index (χ2v) is 4.48. The second-order valence-electron chi connectivity index (χ2n) is 4.05. The maximum Gasteiger partial charge on any atom is 0.267 e. The van der Waals surface area contributed by atoms with Crippen molar-refractivity contribution < 1.29 is 4.79 Å². The fourth-order valence-corrected chi connectivity index (χ4v) is 2.05. The van der Waals surface area contributed by atoms with E-state index in [4.69, 9.17) is 11.6 Å². The Bertz CT molecular complexity index is 560. The summed E-state index contributed by atoms with van der Waals surface area (Å²) >= 11 is 5.93. The van der Waals surface area contributed by atoms with Gasteiger partial charge in [0.2, 0.25) is 0 Å². The summed E-state index contributed by atoms with van der Waals surface area (Å²) in [5, 5.41) is 4.54. The van der Waals surface area contributed by atoms with Gasteiger partial charge in [0.1, 0.15) is 5.69 Å². The number of halogens is 1. The van der Waals surface area contributed by atoms with Crippen molar-refractivity contribution in [2.75, 3.05) is 6.54 Å². The van der Waals surface area contributed by atoms with Crippen LogP contribution in [0, 0.1) is 0 Å². The third kappa shape index (κ3) is 2.29. The van der Waals surface area contributed by atoms with Crippen molar-refractivity contribution in [2.45, 2.75) is 13.3 Å². The lowest BCUT2D eigenvalue weighted by molar-refractivity contribution is 0.0946. The van der Waals surface area contributed by atoms with Crippen LogP contribution in [0.25, 0.3) is 10.9 Å². The summed E-state index contributed by atoms with van der Waals surface area (Å²) in [7, 11) is 1.89. The topological polar surface area (TPSA) is 34.0 Å². The molecule has 0 unspecified atom stereocenters. The van der Waals surface area contributed by atoms with E-state index in [0.29, 0.717) is 17.3 Å². The van der Waals surface area contributed by atoms with E-state index in [1.54, 1.807) is 0 Å². The Morgan fingerprint density at radius 3 is 2.88 bits per heavy atom. The van der Waals surface area contributed by atoms with Crippen molar-refractivity contribution in [3.63, 3.8) is 0 Å². The monoisotopic (exact) mass is 250 g/mol. The van der Waals surface area contributed by atoms with Crippen LogP contribution in [0.2, 0.25) is 5.02 Å². The van der Waals surface area contributed by atoms with Crippen LogP contribution >= 0.6 is 11.6 Å². The molecular formula is C13H15ClN2O. The molecule has 0 atom stereocenters. The highest BCUT2D eigenvalue weighted by Crippen LogP contribution is 2.22. The average Bonchev–Trinajstić information content (AvgIpc) is 2.63. The zero-order valence-electron chi connectivity index (χ0n) is 9.96. The smallest absolute Gasteiger partial charge is 0.267 e. The molecule has 90 valence electrons. The number of hydrogen-bond donors (Lipinski definition) is 1. The van der Waals surface area contributed by atoms with Gasteiger partial charge in [-0.15, -0.1) is 0 Å². The van der Waals surface area contributed by atoms with E-state index in [1.807, 2.05) is 42.8 Å². The van der Waals surface area contributed by atoms with Crippen LogP contribution in [-0.4, -0.2) is 17.0 Å². The van der Waals surface area contributed by atoms with E-state index in [2.05, 4.69) is 5.32 Å². The van der Waals surface area contributed by atoms with Gasteiger partial charge in [-0.3, -0.25) is 4.79 Å². The van der Waals surface area contributed by atoms with Crippen LogP contribution in [0.4, 0.5) is 0 Å². The zero-order chi connectivity index (χ0) is 12.4. The van der Waals surface area contributed by atoms with Crippen molar-refractivity contribution in [2.24, 2.45) is 7.05 Å². The minimum Gasteiger partial charge on any atom is -0.351 e. The highest BCUT2D eigenvalue weighted by molar-refractivity contribution is 6.31. The number of carbonyl (C=O) groups is 1. The highest BCUT2D eigenvalue weighted by atomic mass is 35.5. The standard InChI is InChI=1S/C13H15ClN2O/c1-3-6-15-13(17)12-8-9-7-10(14)4-5-11(9)16(12)2/h4-5,7-8H,3,6H2,1-2H3,(H,15,17). The molecule has 0 saturated carbocycles. The van der Waals surface area contributed by atoms with Crippen LogP contribution in [-0.2, 0) is 7.05 Å². The van der Waals surface area contributed by atoms with Crippen molar-refractivity contribution >= 4 is 28.4 Å². The minimum absolute atomic E-state index is 0.0401. The molecule has 17 heavy (non-hydrogen) atoms. The van der Waals surface area contributed by atoms with Gasteiger partial charge < -0.3 is 9.88 Å². The zero-order valence-corrected chi connectivity index (χ0v) is 10.7. The molecule has 0 fully saturated rings. The van der Waals surface area contributed by atoms with Crippen molar-refractivity contribution in [3.8, 4) is 0 Å².